The summed E-state index contributed by atoms with van der Waals surface area (Å²) in [6.07, 6.45) is 8.62. The second-order valence-electron chi connectivity index (χ2n) is 5.52. The molecule has 102 valence electrons. The van der Waals surface area contributed by atoms with E-state index in [2.05, 4.69) is 12.2 Å². The average molecular weight is 267 g/mol. The Morgan fingerprint density at radius 1 is 1.33 bits per heavy atom. The van der Waals surface area contributed by atoms with Gasteiger partial charge in [0, 0.05) is 17.0 Å². The van der Waals surface area contributed by atoms with E-state index in [0.29, 0.717) is 12.1 Å². The molecule has 1 aliphatic rings. The van der Waals surface area contributed by atoms with Gasteiger partial charge in [-0.15, -0.1) is 11.3 Å². The second kappa shape index (κ2) is 7.27. The van der Waals surface area contributed by atoms with E-state index in [0.717, 1.165) is 11.3 Å². The first-order chi connectivity index (χ1) is 8.75. The Hall–Kier alpha value is -0.380. The van der Waals surface area contributed by atoms with E-state index in [4.69, 9.17) is 0 Å². The Morgan fingerprint density at radius 2 is 2.06 bits per heavy atom. The van der Waals surface area contributed by atoms with E-state index >= 15 is 0 Å². The zero-order valence-electron chi connectivity index (χ0n) is 11.3. The van der Waals surface area contributed by atoms with Gasteiger partial charge in [0.15, 0.2) is 0 Å². The minimum atomic E-state index is -0.307. The summed E-state index contributed by atoms with van der Waals surface area (Å²) in [4.78, 5) is 1.09. The molecule has 2 N–H and O–H groups in total. The van der Waals surface area contributed by atoms with E-state index in [1.54, 1.807) is 11.3 Å². The van der Waals surface area contributed by atoms with Crippen LogP contribution in [0.5, 0.6) is 0 Å². The van der Waals surface area contributed by atoms with Crippen molar-refractivity contribution in [3.63, 3.8) is 0 Å². The number of hydrogen-bond donors (Lipinski definition) is 2. The highest BCUT2D eigenvalue weighted by Crippen LogP contribution is 2.24. The normalized spacial score (nSPS) is 21.4. The maximum absolute atomic E-state index is 10.1. The second-order valence-corrected chi connectivity index (χ2v) is 6.50. The van der Waals surface area contributed by atoms with Crippen molar-refractivity contribution in [3.05, 3.63) is 22.4 Å². The molecule has 2 unspecified atom stereocenters. The lowest BCUT2D eigenvalue weighted by molar-refractivity contribution is 0.154. The maximum Gasteiger partial charge on any atom is 0.0896 e. The fourth-order valence-corrected chi connectivity index (χ4v) is 3.57. The molecular formula is C15H25NOS. The Bertz CT molecular complexity index is 317. The number of rotatable bonds is 5. The standard InChI is InChI=1S/C15H25NOS/c1-12(11-14(17)15-9-6-10-18-15)16-13-7-4-2-3-5-8-13/h6,9-10,12-14,16-17H,2-5,7-8,11H2,1H3. The van der Waals surface area contributed by atoms with Crippen LogP contribution >= 0.6 is 11.3 Å². The molecule has 0 bridgehead atoms. The van der Waals surface area contributed by atoms with E-state index in [1.165, 1.54) is 38.5 Å². The number of hydrogen-bond acceptors (Lipinski definition) is 3. The van der Waals surface area contributed by atoms with Crippen LogP contribution in [0.1, 0.15) is 62.9 Å². The van der Waals surface area contributed by atoms with Gasteiger partial charge in [0.1, 0.15) is 0 Å². The molecule has 1 heterocycles. The van der Waals surface area contributed by atoms with Crippen LogP contribution in [-0.4, -0.2) is 17.2 Å². The Balaban J connectivity index is 1.75. The van der Waals surface area contributed by atoms with Crippen LogP contribution in [0.3, 0.4) is 0 Å². The van der Waals surface area contributed by atoms with E-state index in [9.17, 15) is 5.11 Å². The van der Waals surface area contributed by atoms with Crippen LogP contribution < -0.4 is 5.32 Å². The van der Waals surface area contributed by atoms with Gasteiger partial charge in [-0.3, -0.25) is 0 Å². The summed E-state index contributed by atoms with van der Waals surface area (Å²) >= 11 is 1.64. The van der Waals surface area contributed by atoms with Crippen molar-refractivity contribution in [1.82, 2.24) is 5.32 Å². The highest BCUT2D eigenvalue weighted by molar-refractivity contribution is 7.10. The van der Waals surface area contributed by atoms with Crippen molar-refractivity contribution in [2.45, 2.75) is 70.1 Å². The van der Waals surface area contributed by atoms with Gasteiger partial charge in [0.2, 0.25) is 0 Å². The van der Waals surface area contributed by atoms with Crippen LogP contribution in [0.25, 0.3) is 0 Å². The first-order valence-electron chi connectivity index (χ1n) is 7.23. The highest BCUT2D eigenvalue weighted by Gasteiger charge is 2.17. The van der Waals surface area contributed by atoms with Crippen molar-refractivity contribution in [2.75, 3.05) is 0 Å². The fourth-order valence-electron chi connectivity index (χ4n) is 2.85. The van der Waals surface area contributed by atoms with Crippen molar-refractivity contribution in [2.24, 2.45) is 0 Å². The molecule has 1 fully saturated rings. The third-order valence-electron chi connectivity index (χ3n) is 3.82. The zero-order valence-corrected chi connectivity index (χ0v) is 12.1. The van der Waals surface area contributed by atoms with Gasteiger partial charge in [0.25, 0.3) is 0 Å². The molecule has 1 aromatic heterocycles. The summed E-state index contributed by atoms with van der Waals surface area (Å²) in [5.41, 5.74) is 0. The molecule has 1 aliphatic carbocycles. The molecule has 1 saturated carbocycles. The third-order valence-corrected chi connectivity index (χ3v) is 4.80. The lowest BCUT2D eigenvalue weighted by atomic mass is 10.0. The zero-order chi connectivity index (χ0) is 12.8. The van der Waals surface area contributed by atoms with E-state index in [-0.39, 0.29) is 6.10 Å². The van der Waals surface area contributed by atoms with Crippen molar-refractivity contribution in [3.8, 4) is 0 Å². The van der Waals surface area contributed by atoms with Crippen molar-refractivity contribution in [1.29, 1.82) is 0 Å². The molecule has 0 saturated heterocycles. The van der Waals surface area contributed by atoms with Crippen LogP contribution in [0.2, 0.25) is 0 Å². The average Bonchev–Trinajstić information content (AvgIpc) is 2.76. The van der Waals surface area contributed by atoms with Gasteiger partial charge in [-0.2, -0.15) is 0 Å². The first kappa shape index (κ1) is 14.0. The van der Waals surface area contributed by atoms with Crippen LogP contribution in [0, 0.1) is 0 Å². The van der Waals surface area contributed by atoms with Crippen molar-refractivity contribution < 1.29 is 5.11 Å². The summed E-state index contributed by atoms with van der Waals surface area (Å²) in [6, 6.07) is 5.09. The van der Waals surface area contributed by atoms with Gasteiger partial charge in [-0.05, 0) is 37.6 Å². The first-order valence-corrected chi connectivity index (χ1v) is 8.11. The molecule has 2 atom stereocenters. The molecule has 0 aliphatic heterocycles. The SMILES string of the molecule is CC(CC(O)c1cccs1)NC1CCCCCC1. The van der Waals surface area contributed by atoms with E-state index < -0.39 is 0 Å². The number of aliphatic hydroxyl groups excluding tert-OH is 1. The molecule has 0 radical (unpaired) electrons. The lowest BCUT2D eigenvalue weighted by Crippen LogP contribution is -2.37. The number of nitrogens with one attached hydrogen (secondary N) is 1. The molecule has 0 aromatic carbocycles. The van der Waals surface area contributed by atoms with Crippen LogP contribution in [0.15, 0.2) is 17.5 Å². The molecule has 0 spiro atoms. The Kier molecular flexibility index (Phi) is 5.67. The molecule has 2 nitrogen and oxygen atoms in total. The Morgan fingerprint density at radius 3 is 2.67 bits per heavy atom. The predicted molar refractivity (Wildman–Crippen MR) is 78.0 cm³/mol. The molecular weight excluding hydrogens is 242 g/mol. The van der Waals surface area contributed by atoms with E-state index in [1.807, 2.05) is 17.5 Å². The van der Waals surface area contributed by atoms with Gasteiger partial charge in [0.05, 0.1) is 6.10 Å². The monoisotopic (exact) mass is 267 g/mol. The molecule has 3 heteroatoms. The quantitative estimate of drug-likeness (QED) is 0.794. The summed E-state index contributed by atoms with van der Waals surface area (Å²) < 4.78 is 0. The summed E-state index contributed by atoms with van der Waals surface area (Å²) in [5, 5.41) is 15.9. The summed E-state index contributed by atoms with van der Waals surface area (Å²) in [5.74, 6) is 0. The number of thiophene rings is 1. The number of aliphatic hydroxyl groups is 1. The minimum Gasteiger partial charge on any atom is -0.388 e. The maximum atomic E-state index is 10.1. The molecule has 0 amide bonds. The largest absolute Gasteiger partial charge is 0.388 e. The topological polar surface area (TPSA) is 32.3 Å². The fraction of sp³-hybridized carbons (Fsp3) is 0.733. The Labute approximate surface area is 114 Å². The van der Waals surface area contributed by atoms with Crippen molar-refractivity contribution >= 4 is 11.3 Å². The lowest BCUT2D eigenvalue weighted by Gasteiger charge is -2.23. The molecule has 2 rings (SSSR count). The van der Waals surface area contributed by atoms with Gasteiger partial charge in [-0.1, -0.05) is 31.7 Å². The van der Waals surface area contributed by atoms with Gasteiger partial charge < -0.3 is 10.4 Å². The molecule has 1 aromatic rings. The summed E-state index contributed by atoms with van der Waals surface area (Å²) in [7, 11) is 0. The van der Waals surface area contributed by atoms with Crippen LogP contribution in [-0.2, 0) is 0 Å². The summed E-state index contributed by atoms with van der Waals surface area (Å²) in [6.45, 7) is 2.20. The van der Waals surface area contributed by atoms with Crippen LogP contribution in [0.4, 0.5) is 0 Å². The highest BCUT2D eigenvalue weighted by atomic mass is 32.1. The minimum absolute atomic E-state index is 0.307. The smallest absolute Gasteiger partial charge is 0.0896 e. The predicted octanol–water partition coefficient (Wildman–Crippen LogP) is 3.87. The molecule has 18 heavy (non-hydrogen) atoms. The van der Waals surface area contributed by atoms with Gasteiger partial charge in [-0.25, -0.2) is 0 Å². The van der Waals surface area contributed by atoms with Gasteiger partial charge >= 0.3 is 0 Å². The third kappa shape index (κ3) is 4.38.